The summed E-state index contributed by atoms with van der Waals surface area (Å²) in [5, 5.41) is 3.81. The molecule has 0 saturated carbocycles. The monoisotopic (exact) mass is 294 g/mol. The summed E-state index contributed by atoms with van der Waals surface area (Å²) in [5.41, 5.74) is 0.187. The highest BCUT2D eigenvalue weighted by Crippen LogP contribution is 2.36. The van der Waals surface area contributed by atoms with Crippen LogP contribution in [0.15, 0.2) is 12.1 Å². The number of rotatable bonds is 6. The SMILES string of the molecule is CCCNC(c1ccc(C)s1)C(C)(C)N1CCCCC1. The summed E-state index contributed by atoms with van der Waals surface area (Å²) in [6.45, 7) is 12.9. The molecule has 20 heavy (non-hydrogen) atoms. The Balaban J connectivity index is 2.19. The molecule has 1 unspecified atom stereocenters. The van der Waals surface area contributed by atoms with E-state index in [4.69, 9.17) is 0 Å². The van der Waals surface area contributed by atoms with Crippen LogP contribution < -0.4 is 5.32 Å². The van der Waals surface area contributed by atoms with Gasteiger partial charge >= 0.3 is 0 Å². The average molecular weight is 295 g/mol. The van der Waals surface area contributed by atoms with Crippen LogP contribution in [0.25, 0.3) is 0 Å². The number of likely N-dealkylation sites (tertiary alicyclic amines) is 1. The van der Waals surface area contributed by atoms with Crippen molar-refractivity contribution in [3.63, 3.8) is 0 Å². The third kappa shape index (κ3) is 3.63. The Morgan fingerprint density at radius 1 is 1.25 bits per heavy atom. The van der Waals surface area contributed by atoms with Gasteiger partial charge in [-0.3, -0.25) is 4.90 Å². The van der Waals surface area contributed by atoms with Crippen LogP contribution >= 0.6 is 11.3 Å². The molecule has 1 N–H and O–H groups in total. The van der Waals surface area contributed by atoms with Crippen LogP contribution in [0.3, 0.4) is 0 Å². The molecular formula is C17H30N2S. The number of aryl methyl sites for hydroxylation is 1. The van der Waals surface area contributed by atoms with Crippen LogP contribution in [0.5, 0.6) is 0 Å². The second-order valence-electron chi connectivity index (χ2n) is 6.54. The van der Waals surface area contributed by atoms with Gasteiger partial charge in [0.25, 0.3) is 0 Å². The molecule has 2 rings (SSSR count). The van der Waals surface area contributed by atoms with E-state index in [0.717, 1.165) is 6.54 Å². The minimum absolute atomic E-state index is 0.187. The van der Waals surface area contributed by atoms with Gasteiger partial charge in [0.2, 0.25) is 0 Å². The first-order valence-electron chi connectivity index (χ1n) is 8.10. The quantitative estimate of drug-likeness (QED) is 0.838. The molecule has 0 amide bonds. The van der Waals surface area contributed by atoms with Crippen LogP contribution in [0, 0.1) is 6.92 Å². The Morgan fingerprint density at radius 2 is 1.95 bits per heavy atom. The maximum absolute atomic E-state index is 3.81. The van der Waals surface area contributed by atoms with E-state index in [1.165, 1.54) is 48.5 Å². The standard InChI is InChI=1S/C17H30N2S/c1-5-11-18-16(15-10-9-14(2)20-15)17(3,4)19-12-7-6-8-13-19/h9-10,16,18H,5-8,11-13H2,1-4H3. The van der Waals surface area contributed by atoms with E-state index in [1.54, 1.807) is 0 Å². The Labute approximate surface area is 128 Å². The molecule has 0 spiro atoms. The molecule has 0 aromatic carbocycles. The van der Waals surface area contributed by atoms with Crippen molar-refractivity contribution < 1.29 is 0 Å². The Kier molecular flexibility index (Phi) is 5.65. The molecule has 0 bridgehead atoms. The first kappa shape index (κ1) is 16.0. The van der Waals surface area contributed by atoms with E-state index in [0.29, 0.717) is 6.04 Å². The van der Waals surface area contributed by atoms with Crippen molar-refractivity contribution in [1.29, 1.82) is 0 Å². The van der Waals surface area contributed by atoms with E-state index in [-0.39, 0.29) is 5.54 Å². The van der Waals surface area contributed by atoms with Gasteiger partial charge in [-0.25, -0.2) is 0 Å². The van der Waals surface area contributed by atoms with Gasteiger partial charge in [-0.15, -0.1) is 11.3 Å². The molecule has 114 valence electrons. The van der Waals surface area contributed by atoms with Gasteiger partial charge in [0.1, 0.15) is 0 Å². The minimum atomic E-state index is 0.187. The molecule has 1 aliphatic rings. The van der Waals surface area contributed by atoms with Crippen LogP contribution in [-0.4, -0.2) is 30.1 Å². The normalized spacial score (nSPS) is 19.2. The summed E-state index contributed by atoms with van der Waals surface area (Å²) in [7, 11) is 0. The lowest BCUT2D eigenvalue weighted by Crippen LogP contribution is -2.54. The second-order valence-corrected chi connectivity index (χ2v) is 7.86. The van der Waals surface area contributed by atoms with Crippen LogP contribution in [-0.2, 0) is 0 Å². The molecule has 1 saturated heterocycles. The van der Waals surface area contributed by atoms with Gasteiger partial charge in [0, 0.05) is 15.3 Å². The largest absolute Gasteiger partial charge is 0.308 e. The van der Waals surface area contributed by atoms with Crippen molar-refractivity contribution in [2.45, 2.75) is 65.0 Å². The number of hydrogen-bond donors (Lipinski definition) is 1. The molecule has 2 nitrogen and oxygen atoms in total. The molecule has 3 heteroatoms. The van der Waals surface area contributed by atoms with Gasteiger partial charge in [0.05, 0.1) is 6.04 Å². The predicted octanol–water partition coefficient (Wildman–Crippen LogP) is 4.36. The number of thiophene rings is 1. The number of piperidine rings is 1. The zero-order chi connectivity index (χ0) is 14.6. The van der Waals surface area contributed by atoms with E-state index in [9.17, 15) is 0 Å². The van der Waals surface area contributed by atoms with Crippen molar-refractivity contribution >= 4 is 11.3 Å². The van der Waals surface area contributed by atoms with Crippen LogP contribution in [0.2, 0.25) is 0 Å². The summed E-state index contributed by atoms with van der Waals surface area (Å²) < 4.78 is 0. The molecule has 1 aromatic heterocycles. The maximum Gasteiger partial charge on any atom is 0.0596 e. The lowest BCUT2D eigenvalue weighted by atomic mass is 9.89. The fourth-order valence-electron chi connectivity index (χ4n) is 3.25. The molecule has 0 radical (unpaired) electrons. The van der Waals surface area contributed by atoms with Crippen LogP contribution in [0.1, 0.15) is 62.3 Å². The number of nitrogens with zero attached hydrogens (tertiary/aromatic N) is 1. The van der Waals surface area contributed by atoms with E-state index >= 15 is 0 Å². The first-order valence-corrected chi connectivity index (χ1v) is 8.92. The Bertz CT molecular complexity index is 405. The summed E-state index contributed by atoms with van der Waals surface area (Å²) >= 11 is 1.95. The topological polar surface area (TPSA) is 15.3 Å². The molecular weight excluding hydrogens is 264 g/mol. The lowest BCUT2D eigenvalue weighted by molar-refractivity contribution is 0.0619. The summed E-state index contributed by atoms with van der Waals surface area (Å²) in [6.07, 6.45) is 5.30. The lowest BCUT2D eigenvalue weighted by Gasteiger charge is -2.46. The van der Waals surface area contributed by atoms with E-state index < -0.39 is 0 Å². The van der Waals surface area contributed by atoms with Crippen LogP contribution in [0.4, 0.5) is 0 Å². The van der Waals surface area contributed by atoms with E-state index in [1.807, 2.05) is 11.3 Å². The molecule has 1 fully saturated rings. The number of nitrogens with one attached hydrogen (secondary N) is 1. The number of hydrogen-bond acceptors (Lipinski definition) is 3. The highest BCUT2D eigenvalue weighted by atomic mass is 32.1. The Hall–Kier alpha value is -0.380. The van der Waals surface area contributed by atoms with Crippen molar-refractivity contribution in [3.05, 3.63) is 21.9 Å². The third-order valence-corrected chi connectivity index (χ3v) is 5.59. The first-order chi connectivity index (χ1) is 9.55. The Morgan fingerprint density at radius 3 is 2.50 bits per heavy atom. The maximum atomic E-state index is 3.81. The van der Waals surface area contributed by atoms with Crippen molar-refractivity contribution in [2.24, 2.45) is 0 Å². The minimum Gasteiger partial charge on any atom is -0.308 e. The molecule has 1 atom stereocenters. The molecule has 2 heterocycles. The van der Waals surface area contributed by atoms with Gasteiger partial charge in [-0.2, -0.15) is 0 Å². The summed E-state index contributed by atoms with van der Waals surface area (Å²) in [5.74, 6) is 0. The second kappa shape index (κ2) is 7.06. The van der Waals surface area contributed by atoms with Crippen molar-refractivity contribution in [3.8, 4) is 0 Å². The molecule has 0 aliphatic carbocycles. The zero-order valence-corrected chi connectivity index (χ0v) is 14.4. The van der Waals surface area contributed by atoms with Gasteiger partial charge in [0.15, 0.2) is 0 Å². The van der Waals surface area contributed by atoms with E-state index in [2.05, 4.69) is 50.0 Å². The smallest absolute Gasteiger partial charge is 0.0596 e. The average Bonchev–Trinajstić information content (AvgIpc) is 2.86. The van der Waals surface area contributed by atoms with Gasteiger partial charge < -0.3 is 5.32 Å². The fourth-order valence-corrected chi connectivity index (χ4v) is 4.38. The highest BCUT2D eigenvalue weighted by molar-refractivity contribution is 7.12. The third-order valence-electron chi connectivity index (χ3n) is 4.52. The zero-order valence-electron chi connectivity index (χ0n) is 13.5. The fraction of sp³-hybridized carbons (Fsp3) is 0.765. The van der Waals surface area contributed by atoms with Gasteiger partial charge in [-0.05, 0) is 71.8 Å². The predicted molar refractivity (Wildman–Crippen MR) is 89.6 cm³/mol. The van der Waals surface area contributed by atoms with Crippen molar-refractivity contribution in [2.75, 3.05) is 19.6 Å². The summed E-state index contributed by atoms with van der Waals surface area (Å²) in [6, 6.07) is 5.02. The highest BCUT2D eigenvalue weighted by Gasteiger charge is 2.37. The summed E-state index contributed by atoms with van der Waals surface area (Å²) in [4.78, 5) is 5.60. The molecule has 1 aromatic rings. The van der Waals surface area contributed by atoms with Gasteiger partial charge in [-0.1, -0.05) is 13.3 Å². The molecule has 1 aliphatic heterocycles. The van der Waals surface area contributed by atoms with Crippen molar-refractivity contribution in [1.82, 2.24) is 10.2 Å².